The Hall–Kier alpha value is -4.31. The smallest absolute Gasteiger partial charge is 0.305 e. The molecule has 0 spiro atoms. The zero-order valence-corrected chi connectivity index (χ0v) is 31.1. The van der Waals surface area contributed by atoms with Crippen LogP contribution in [0.4, 0.5) is 16.0 Å². The first kappa shape index (κ1) is 38.5. The molecule has 0 saturated carbocycles. The number of carbonyl (C=O) groups is 3. The van der Waals surface area contributed by atoms with Crippen molar-refractivity contribution in [2.45, 2.75) is 42.9 Å². The second-order valence-corrected chi connectivity index (χ2v) is 16.9. The molecule has 0 radical (unpaired) electrons. The molecule has 0 saturated heterocycles. The third-order valence-electron chi connectivity index (χ3n) is 6.24. The number of nitrogens with zero attached hydrogens (tertiary/aromatic N) is 2. The number of thiazole rings is 2. The quantitative estimate of drug-likeness (QED) is 0.0635. The molecule has 0 aliphatic heterocycles. The van der Waals surface area contributed by atoms with Crippen LogP contribution in [-0.2, 0) is 38.2 Å². The highest BCUT2D eigenvalue weighted by Crippen LogP contribution is 2.31. The van der Waals surface area contributed by atoms with Gasteiger partial charge in [0.1, 0.15) is 0 Å². The summed E-state index contributed by atoms with van der Waals surface area (Å²) in [7, 11) is -1.12. The van der Waals surface area contributed by atoms with Crippen molar-refractivity contribution in [3.63, 3.8) is 0 Å². The van der Waals surface area contributed by atoms with E-state index in [9.17, 15) is 31.2 Å². The van der Waals surface area contributed by atoms with Gasteiger partial charge in [-0.2, -0.15) is 0 Å². The molecule has 0 atom stereocenters. The van der Waals surface area contributed by atoms with Gasteiger partial charge in [-0.05, 0) is 61.0 Å². The number of anilines is 3. The lowest BCUT2D eigenvalue weighted by molar-refractivity contribution is -0.140. The number of amides is 2. The maximum atomic E-state index is 13.0. The first-order chi connectivity index (χ1) is 23.5. The van der Waals surface area contributed by atoms with E-state index in [1.165, 1.54) is 67.9 Å². The Kier molecular flexibility index (Phi) is 12.8. The van der Waals surface area contributed by atoms with E-state index in [1.54, 1.807) is 30.3 Å². The van der Waals surface area contributed by atoms with Crippen LogP contribution in [0, 0.1) is 11.8 Å². The van der Waals surface area contributed by atoms with Crippen LogP contribution >= 0.6 is 45.0 Å². The van der Waals surface area contributed by atoms with E-state index in [0.29, 0.717) is 54.1 Å². The molecule has 5 aromatic rings. The number of hydrogen-bond donors (Lipinski definition) is 3. The minimum absolute atomic E-state index is 0.0182. The van der Waals surface area contributed by atoms with Crippen molar-refractivity contribution < 1.29 is 36.0 Å². The number of benzene rings is 3. The minimum atomic E-state index is -3.93. The van der Waals surface area contributed by atoms with Crippen molar-refractivity contribution in [3.8, 4) is 11.8 Å². The lowest BCUT2D eigenvalue weighted by Gasteiger charge is -2.10. The monoisotopic (exact) mass is 795 g/mol. The molecule has 0 fully saturated rings. The molecule has 0 aliphatic rings. The molecule has 3 N–H and O–H groups in total. The lowest BCUT2D eigenvalue weighted by atomic mass is 10.1. The highest BCUT2D eigenvalue weighted by Gasteiger charge is 2.18. The molecule has 19 heteroatoms. The minimum Gasteiger partial charge on any atom is -0.469 e. The van der Waals surface area contributed by atoms with Gasteiger partial charge in [-0.15, -0.1) is 0 Å². The summed E-state index contributed by atoms with van der Waals surface area (Å²) < 4.78 is 56.7. The Balaban J connectivity index is 0.000000276. The van der Waals surface area contributed by atoms with Gasteiger partial charge in [0.15, 0.2) is 10.3 Å². The SMILES string of the molecule is CC(=O)Nc1nc2ccc(S(=O)(=O)Cl)cc2s1.COC(=O)CCCC#Cc1cc(Cl)ccc1NS(=O)(=O)c1ccc2nc(NC(C)=O)sc2c1. The van der Waals surface area contributed by atoms with Crippen LogP contribution in [0.25, 0.3) is 20.4 Å². The molecular formula is C31H27Cl2N5O8S4. The molecule has 2 heterocycles. The number of nitrogens with one attached hydrogen (secondary N) is 3. The van der Waals surface area contributed by atoms with Crippen molar-refractivity contribution in [1.82, 2.24) is 9.97 Å². The zero-order valence-electron chi connectivity index (χ0n) is 26.4. The van der Waals surface area contributed by atoms with E-state index in [2.05, 4.69) is 41.9 Å². The standard InChI is InChI=1S/C22H20ClN3O5S2.C9H7ClN2O3S2/c1-14(27)24-22-25-19-11-9-17(13-20(19)32-22)33(29,30)26-18-10-8-16(23)12-15(18)6-4-3-5-7-21(28)31-2;1-5(13)11-9-12-7-3-2-6(17(10,14)15)4-8(7)16-9/h8-13,26H,3,5,7H2,1-2H3,(H,24,25,27);2-4H,1H3,(H,11,12,13). The van der Waals surface area contributed by atoms with Gasteiger partial charge in [0, 0.05) is 42.4 Å². The fourth-order valence-corrected chi connectivity index (χ4v) is 8.14. The first-order valence-electron chi connectivity index (χ1n) is 14.2. The number of ether oxygens (including phenoxy) is 1. The van der Waals surface area contributed by atoms with Gasteiger partial charge >= 0.3 is 5.97 Å². The van der Waals surface area contributed by atoms with Gasteiger partial charge in [-0.1, -0.05) is 46.1 Å². The Morgan fingerprint density at radius 2 is 1.40 bits per heavy atom. The van der Waals surface area contributed by atoms with Gasteiger partial charge in [0.2, 0.25) is 11.8 Å². The fourth-order valence-electron chi connectivity index (χ4n) is 4.03. The fraction of sp³-hybridized carbons (Fsp3) is 0.194. The topological polar surface area (TPSA) is 191 Å². The number of fused-ring (bicyclic) bond motifs is 2. The van der Waals surface area contributed by atoms with Gasteiger partial charge in [-0.25, -0.2) is 26.8 Å². The van der Waals surface area contributed by atoms with E-state index in [4.69, 9.17) is 22.3 Å². The summed E-state index contributed by atoms with van der Waals surface area (Å²) >= 11 is 8.44. The van der Waals surface area contributed by atoms with Crippen LogP contribution in [0.2, 0.25) is 5.02 Å². The summed E-state index contributed by atoms with van der Waals surface area (Å²) in [5, 5.41) is 6.36. The largest absolute Gasteiger partial charge is 0.469 e. The third-order valence-corrected chi connectivity index (χ3v) is 11.1. The summed E-state index contributed by atoms with van der Waals surface area (Å²) in [4.78, 5) is 41.7. The Bertz CT molecular complexity index is 2380. The number of esters is 1. The van der Waals surface area contributed by atoms with E-state index in [0.717, 1.165) is 0 Å². The highest BCUT2D eigenvalue weighted by molar-refractivity contribution is 8.13. The molecule has 0 aliphatic carbocycles. The van der Waals surface area contributed by atoms with Crippen molar-refractivity contribution >= 4 is 118 Å². The van der Waals surface area contributed by atoms with Crippen molar-refractivity contribution in [3.05, 3.63) is 65.2 Å². The van der Waals surface area contributed by atoms with E-state index in [-0.39, 0.29) is 39.7 Å². The number of sulfonamides is 1. The first-order valence-corrected chi connectivity index (χ1v) is 20.0. The number of methoxy groups -OCH3 is 1. The molecule has 2 amide bonds. The molecule has 13 nitrogen and oxygen atoms in total. The van der Waals surface area contributed by atoms with Crippen LogP contribution in [0.1, 0.15) is 38.7 Å². The Labute approximate surface area is 304 Å². The molecule has 3 aromatic carbocycles. The second kappa shape index (κ2) is 16.6. The predicted octanol–water partition coefficient (Wildman–Crippen LogP) is 6.59. The zero-order chi connectivity index (χ0) is 36.6. The van der Waals surface area contributed by atoms with E-state index < -0.39 is 19.1 Å². The number of hydrogen-bond acceptors (Lipinski definition) is 12. The van der Waals surface area contributed by atoms with Crippen LogP contribution in [-0.4, -0.2) is 51.7 Å². The summed E-state index contributed by atoms with van der Waals surface area (Å²) in [5.41, 5.74) is 1.88. The highest BCUT2D eigenvalue weighted by atomic mass is 35.7. The van der Waals surface area contributed by atoms with E-state index >= 15 is 0 Å². The lowest BCUT2D eigenvalue weighted by Crippen LogP contribution is -2.13. The average molecular weight is 797 g/mol. The van der Waals surface area contributed by atoms with E-state index in [1.807, 2.05) is 0 Å². The number of aromatic nitrogens is 2. The Morgan fingerprint density at radius 1 is 0.840 bits per heavy atom. The molecular weight excluding hydrogens is 770 g/mol. The van der Waals surface area contributed by atoms with Crippen molar-refractivity contribution in [1.29, 1.82) is 0 Å². The molecule has 5 rings (SSSR count). The molecule has 50 heavy (non-hydrogen) atoms. The average Bonchev–Trinajstić information content (AvgIpc) is 3.62. The van der Waals surface area contributed by atoms with Crippen LogP contribution < -0.4 is 15.4 Å². The molecule has 2 aromatic heterocycles. The van der Waals surface area contributed by atoms with Gasteiger partial charge in [0.25, 0.3) is 19.1 Å². The summed E-state index contributed by atoms with van der Waals surface area (Å²) in [5.74, 6) is 5.04. The number of carbonyl (C=O) groups excluding carboxylic acids is 3. The normalized spacial score (nSPS) is 11.1. The predicted molar refractivity (Wildman–Crippen MR) is 196 cm³/mol. The maximum absolute atomic E-state index is 13.0. The molecule has 0 unspecified atom stereocenters. The second-order valence-electron chi connectivity index (χ2n) is 10.1. The number of unbranched alkanes of at least 4 members (excludes halogenated alkanes) is 1. The van der Waals surface area contributed by atoms with Gasteiger partial charge in [-0.3, -0.25) is 19.1 Å². The summed E-state index contributed by atoms with van der Waals surface area (Å²) in [6, 6.07) is 13.5. The molecule has 262 valence electrons. The third kappa shape index (κ3) is 10.8. The van der Waals surface area contributed by atoms with Crippen LogP contribution in [0.3, 0.4) is 0 Å². The van der Waals surface area contributed by atoms with Crippen molar-refractivity contribution in [2.24, 2.45) is 0 Å². The van der Waals surface area contributed by atoms with Gasteiger partial charge < -0.3 is 15.4 Å². The maximum Gasteiger partial charge on any atom is 0.305 e. The van der Waals surface area contributed by atoms with Gasteiger partial charge in [0.05, 0.1) is 48.6 Å². The van der Waals surface area contributed by atoms with Crippen LogP contribution in [0.5, 0.6) is 0 Å². The number of halogens is 2. The summed E-state index contributed by atoms with van der Waals surface area (Å²) in [6.45, 7) is 2.75. The van der Waals surface area contributed by atoms with Crippen LogP contribution in [0.15, 0.2) is 64.4 Å². The number of rotatable bonds is 9. The molecule has 0 bridgehead atoms. The Morgan fingerprint density at radius 3 is 1.94 bits per heavy atom. The summed E-state index contributed by atoms with van der Waals surface area (Å²) in [6.07, 6.45) is 1.22. The van der Waals surface area contributed by atoms with Crippen molar-refractivity contribution in [2.75, 3.05) is 22.5 Å².